The summed E-state index contributed by atoms with van der Waals surface area (Å²) >= 11 is 1.36. The average Bonchev–Trinajstić information content (AvgIpc) is 2.96. The molecule has 1 fully saturated rings. The summed E-state index contributed by atoms with van der Waals surface area (Å²) < 4.78 is 5.73. The number of carbonyl (C=O) groups is 1. The summed E-state index contributed by atoms with van der Waals surface area (Å²) in [6.07, 6.45) is 1.11. The lowest BCUT2D eigenvalue weighted by atomic mass is 10.1. The number of benzene rings is 1. The summed E-state index contributed by atoms with van der Waals surface area (Å²) in [5.41, 5.74) is 1.78. The van der Waals surface area contributed by atoms with E-state index in [4.69, 9.17) is 4.74 Å². The van der Waals surface area contributed by atoms with Gasteiger partial charge in [0, 0.05) is 0 Å². The van der Waals surface area contributed by atoms with Gasteiger partial charge in [0.15, 0.2) is 5.17 Å². The van der Waals surface area contributed by atoms with Gasteiger partial charge in [-0.2, -0.15) is 5.10 Å². The number of rotatable bonds is 6. The fourth-order valence-electron chi connectivity index (χ4n) is 1.71. The Balaban J connectivity index is 1.96. The monoisotopic (exact) mass is 319 g/mol. The molecule has 1 aromatic carbocycles. The molecule has 0 aromatic heterocycles. The first-order valence-corrected chi connectivity index (χ1v) is 8.35. The van der Waals surface area contributed by atoms with Gasteiger partial charge in [0.1, 0.15) is 5.75 Å². The average molecular weight is 319 g/mol. The molecular formula is C16H21N3O2S. The molecule has 1 atom stereocenters. The molecular weight excluding hydrogens is 298 g/mol. The first-order chi connectivity index (χ1) is 10.6. The minimum Gasteiger partial charge on any atom is -0.493 e. The molecule has 1 saturated heterocycles. The highest BCUT2D eigenvalue weighted by Crippen LogP contribution is 2.15. The van der Waals surface area contributed by atoms with Crippen molar-refractivity contribution < 1.29 is 9.53 Å². The third-order valence-electron chi connectivity index (χ3n) is 3.38. The van der Waals surface area contributed by atoms with Crippen molar-refractivity contribution in [3.63, 3.8) is 0 Å². The van der Waals surface area contributed by atoms with Crippen LogP contribution in [-0.2, 0) is 4.79 Å². The zero-order valence-corrected chi connectivity index (χ0v) is 13.9. The molecule has 5 nitrogen and oxygen atoms in total. The first kappa shape index (κ1) is 16.5. The Morgan fingerprint density at radius 2 is 2.14 bits per heavy atom. The highest BCUT2D eigenvalue weighted by molar-refractivity contribution is 8.15. The van der Waals surface area contributed by atoms with Gasteiger partial charge >= 0.3 is 0 Å². The number of amidine groups is 1. The van der Waals surface area contributed by atoms with Crippen LogP contribution in [0, 0.1) is 5.92 Å². The third kappa shape index (κ3) is 4.87. The second-order valence-corrected chi connectivity index (χ2v) is 6.24. The van der Waals surface area contributed by atoms with E-state index in [-0.39, 0.29) is 5.91 Å². The van der Waals surface area contributed by atoms with Gasteiger partial charge in [-0.1, -0.05) is 32.0 Å². The number of carbonyl (C=O) groups excluding carboxylic acids is 1. The standard InChI is InChI=1S/C16H21N3O2S/c1-4-11(2)9-21-14-7-5-13(6-8-14)12(3)18-19-16-17-15(20)10-22-16/h5-8,11H,4,9-10H2,1-3H3,(H,17,19,20). The lowest BCUT2D eigenvalue weighted by molar-refractivity contribution is -0.116. The number of hydrogen-bond acceptors (Lipinski definition) is 5. The maximum Gasteiger partial charge on any atom is 0.236 e. The molecule has 22 heavy (non-hydrogen) atoms. The number of ether oxygens (including phenoxy) is 1. The second-order valence-electron chi connectivity index (χ2n) is 5.28. The number of nitrogens with zero attached hydrogens (tertiary/aromatic N) is 2. The second kappa shape index (κ2) is 7.98. The van der Waals surface area contributed by atoms with Crippen LogP contribution in [0.2, 0.25) is 0 Å². The van der Waals surface area contributed by atoms with Crippen LogP contribution in [0.25, 0.3) is 0 Å². The maximum atomic E-state index is 11.1. The van der Waals surface area contributed by atoms with Gasteiger partial charge in [0.25, 0.3) is 0 Å². The van der Waals surface area contributed by atoms with Crippen LogP contribution in [0.15, 0.2) is 34.5 Å². The molecule has 1 heterocycles. The summed E-state index contributed by atoms with van der Waals surface area (Å²) in [5, 5.41) is 11.4. The number of nitrogens with one attached hydrogen (secondary N) is 1. The van der Waals surface area contributed by atoms with Crippen molar-refractivity contribution in [3.8, 4) is 5.75 Å². The van der Waals surface area contributed by atoms with E-state index in [1.54, 1.807) is 0 Å². The number of hydrogen-bond donors (Lipinski definition) is 1. The molecule has 0 saturated carbocycles. The summed E-state index contributed by atoms with van der Waals surface area (Å²) in [6.45, 7) is 6.95. The zero-order chi connectivity index (χ0) is 15.9. The number of thioether (sulfide) groups is 1. The SMILES string of the molecule is CCC(C)COc1ccc(C(C)=NN=C2NC(=O)CS2)cc1. The minimum absolute atomic E-state index is 0.0283. The predicted molar refractivity (Wildman–Crippen MR) is 91.6 cm³/mol. The molecule has 0 spiro atoms. The molecule has 0 aliphatic carbocycles. The van der Waals surface area contributed by atoms with Gasteiger partial charge in [-0.25, -0.2) is 0 Å². The van der Waals surface area contributed by atoms with Crippen LogP contribution in [0.4, 0.5) is 0 Å². The zero-order valence-electron chi connectivity index (χ0n) is 13.1. The van der Waals surface area contributed by atoms with Gasteiger partial charge in [-0.3, -0.25) is 4.79 Å². The third-order valence-corrected chi connectivity index (χ3v) is 4.24. The number of amides is 1. The van der Waals surface area contributed by atoms with Gasteiger partial charge in [-0.05, 0) is 42.7 Å². The Morgan fingerprint density at radius 3 is 2.73 bits per heavy atom. The van der Waals surface area contributed by atoms with E-state index in [1.807, 2.05) is 31.2 Å². The van der Waals surface area contributed by atoms with E-state index in [9.17, 15) is 4.79 Å². The van der Waals surface area contributed by atoms with E-state index in [2.05, 4.69) is 29.4 Å². The fourth-order valence-corrected chi connectivity index (χ4v) is 2.33. The molecule has 0 radical (unpaired) electrons. The fraction of sp³-hybridized carbons (Fsp3) is 0.438. The molecule has 1 aliphatic heterocycles. The largest absolute Gasteiger partial charge is 0.493 e. The van der Waals surface area contributed by atoms with E-state index < -0.39 is 0 Å². The molecule has 1 amide bonds. The van der Waals surface area contributed by atoms with Crippen molar-refractivity contribution in [2.45, 2.75) is 27.2 Å². The minimum atomic E-state index is -0.0283. The Hall–Kier alpha value is -1.82. The molecule has 118 valence electrons. The summed E-state index contributed by atoms with van der Waals surface area (Å²) in [4.78, 5) is 11.1. The van der Waals surface area contributed by atoms with Crippen LogP contribution in [0.1, 0.15) is 32.8 Å². The molecule has 2 rings (SSSR count). The normalized spacial score (nSPS) is 18.4. The van der Waals surface area contributed by atoms with Crippen molar-refractivity contribution in [2.24, 2.45) is 16.1 Å². The summed E-state index contributed by atoms with van der Waals surface area (Å²) in [7, 11) is 0. The molecule has 1 N–H and O–H groups in total. The van der Waals surface area contributed by atoms with Crippen LogP contribution >= 0.6 is 11.8 Å². The van der Waals surface area contributed by atoms with Crippen LogP contribution < -0.4 is 10.1 Å². The summed E-state index contributed by atoms with van der Waals surface area (Å²) in [6, 6.07) is 7.81. The quantitative estimate of drug-likeness (QED) is 0.647. The lowest BCUT2D eigenvalue weighted by Crippen LogP contribution is -2.19. The maximum absolute atomic E-state index is 11.1. The van der Waals surface area contributed by atoms with E-state index >= 15 is 0 Å². The first-order valence-electron chi connectivity index (χ1n) is 7.36. The predicted octanol–water partition coefficient (Wildman–Crippen LogP) is 3.05. The Labute approximate surface area is 135 Å². The van der Waals surface area contributed by atoms with E-state index in [1.165, 1.54) is 11.8 Å². The van der Waals surface area contributed by atoms with Crippen LogP contribution in [0.3, 0.4) is 0 Å². The van der Waals surface area contributed by atoms with Gasteiger partial charge in [0.2, 0.25) is 5.91 Å². The van der Waals surface area contributed by atoms with Gasteiger partial charge < -0.3 is 10.1 Å². The van der Waals surface area contributed by atoms with Crippen LogP contribution in [0.5, 0.6) is 5.75 Å². The Kier molecular flexibility index (Phi) is 6.00. The van der Waals surface area contributed by atoms with Gasteiger partial charge in [0.05, 0.1) is 18.1 Å². The smallest absolute Gasteiger partial charge is 0.236 e. The summed E-state index contributed by atoms with van der Waals surface area (Å²) in [5.74, 6) is 1.80. The molecule has 0 bridgehead atoms. The Bertz CT molecular complexity index is 582. The lowest BCUT2D eigenvalue weighted by Gasteiger charge is -2.11. The molecule has 1 aliphatic rings. The van der Waals surface area contributed by atoms with E-state index in [0.29, 0.717) is 16.8 Å². The van der Waals surface area contributed by atoms with Crippen molar-refractivity contribution in [1.29, 1.82) is 0 Å². The molecule has 1 aromatic rings. The van der Waals surface area contributed by atoms with Crippen molar-refractivity contribution in [3.05, 3.63) is 29.8 Å². The topological polar surface area (TPSA) is 63.1 Å². The van der Waals surface area contributed by atoms with Crippen molar-refractivity contribution in [1.82, 2.24) is 5.32 Å². The molecule has 1 unspecified atom stereocenters. The van der Waals surface area contributed by atoms with Crippen molar-refractivity contribution in [2.75, 3.05) is 12.4 Å². The highest BCUT2D eigenvalue weighted by Gasteiger charge is 2.16. The highest BCUT2D eigenvalue weighted by atomic mass is 32.2. The van der Waals surface area contributed by atoms with E-state index in [0.717, 1.165) is 30.1 Å². The van der Waals surface area contributed by atoms with Gasteiger partial charge in [-0.15, -0.1) is 5.10 Å². The van der Waals surface area contributed by atoms with Crippen molar-refractivity contribution >= 4 is 28.5 Å². The Morgan fingerprint density at radius 1 is 1.41 bits per heavy atom. The van der Waals surface area contributed by atoms with Crippen LogP contribution in [-0.4, -0.2) is 29.1 Å². The molecule has 6 heteroatoms.